The van der Waals surface area contributed by atoms with Crippen molar-refractivity contribution in [2.24, 2.45) is 0 Å². The summed E-state index contributed by atoms with van der Waals surface area (Å²) in [4.78, 5) is 30.1. The van der Waals surface area contributed by atoms with Gasteiger partial charge in [0.1, 0.15) is 11.1 Å². The fourth-order valence-electron chi connectivity index (χ4n) is 2.85. The summed E-state index contributed by atoms with van der Waals surface area (Å²) in [6.45, 7) is 0. The second kappa shape index (κ2) is 8.72. The van der Waals surface area contributed by atoms with Crippen LogP contribution in [0.3, 0.4) is 0 Å². The molecule has 4 rings (SSSR count). The third kappa shape index (κ3) is 4.10. The maximum Gasteiger partial charge on any atom is 0.269 e. The average Bonchev–Trinajstić information content (AvgIpc) is 3.23. The second-order valence-corrected chi connectivity index (χ2v) is 8.04. The smallest absolute Gasteiger partial charge is 0.269 e. The number of hydrogen-bond acceptors (Lipinski definition) is 6. The van der Waals surface area contributed by atoms with Crippen LogP contribution in [0.5, 0.6) is 5.75 Å². The first-order chi connectivity index (χ1) is 14.6. The first-order valence-electron chi connectivity index (χ1n) is 8.84. The number of amides is 1. The van der Waals surface area contributed by atoms with Crippen LogP contribution in [0.4, 0.5) is 5.69 Å². The Morgan fingerprint density at radius 1 is 1.23 bits per heavy atom. The van der Waals surface area contributed by atoms with Crippen molar-refractivity contribution in [1.82, 2.24) is 19.7 Å². The average molecular weight is 486 g/mol. The van der Waals surface area contributed by atoms with Crippen molar-refractivity contribution < 1.29 is 9.53 Å². The van der Waals surface area contributed by atoms with E-state index in [-0.39, 0.29) is 17.2 Å². The number of anilines is 1. The number of fused-ring (bicyclic) bond motifs is 1. The lowest BCUT2D eigenvalue weighted by molar-refractivity contribution is -0.113. The summed E-state index contributed by atoms with van der Waals surface area (Å²) in [6, 6.07) is 14.4. The maximum absolute atomic E-state index is 13.0. The quantitative estimate of drug-likeness (QED) is 0.319. The van der Waals surface area contributed by atoms with Gasteiger partial charge in [-0.05, 0) is 36.4 Å². The molecule has 0 spiro atoms. The largest absolute Gasteiger partial charge is 0.495 e. The summed E-state index contributed by atoms with van der Waals surface area (Å²) < 4.78 is 7.62. The number of nitrogens with zero attached hydrogens (tertiary/aromatic N) is 3. The molecule has 10 heteroatoms. The predicted molar refractivity (Wildman–Crippen MR) is 120 cm³/mol. The maximum atomic E-state index is 13.0. The molecule has 2 aromatic heterocycles. The molecule has 0 bridgehead atoms. The molecule has 0 unspecified atom stereocenters. The van der Waals surface area contributed by atoms with Gasteiger partial charge in [0, 0.05) is 4.47 Å². The number of benzene rings is 2. The number of H-pyrrole nitrogens is 1. The van der Waals surface area contributed by atoms with Gasteiger partial charge < -0.3 is 10.1 Å². The van der Waals surface area contributed by atoms with Crippen LogP contribution in [0.2, 0.25) is 0 Å². The highest BCUT2D eigenvalue weighted by Crippen LogP contribution is 2.25. The van der Waals surface area contributed by atoms with Crippen molar-refractivity contribution in [2.75, 3.05) is 18.2 Å². The van der Waals surface area contributed by atoms with Gasteiger partial charge in [-0.3, -0.25) is 19.3 Å². The van der Waals surface area contributed by atoms with Gasteiger partial charge >= 0.3 is 0 Å². The number of carbonyl (C=O) groups excluding carboxylic acids is 1. The standard InChI is InChI=1S/C20H16BrN5O3S/c1-29-16-5-3-2-4-15(16)23-17(27)11-30-20-24-18-14(10-22-25-18)19(28)26(20)13-8-6-12(21)7-9-13/h2-10H,11H2,1H3,(H,22,25)(H,23,27). The number of nitrogens with one attached hydrogen (secondary N) is 2. The summed E-state index contributed by atoms with van der Waals surface area (Å²) in [6.07, 6.45) is 1.45. The van der Waals surface area contributed by atoms with Crippen LogP contribution in [0.15, 0.2) is 69.2 Å². The predicted octanol–water partition coefficient (Wildman–Crippen LogP) is 3.61. The van der Waals surface area contributed by atoms with E-state index in [0.717, 1.165) is 16.2 Å². The van der Waals surface area contributed by atoms with Gasteiger partial charge in [0.2, 0.25) is 5.91 Å². The van der Waals surface area contributed by atoms with Gasteiger partial charge in [-0.15, -0.1) is 0 Å². The number of halogens is 1. The van der Waals surface area contributed by atoms with E-state index in [4.69, 9.17) is 4.74 Å². The first-order valence-corrected chi connectivity index (χ1v) is 10.6. The van der Waals surface area contributed by atoms with Crippen molar-refractivity contribution in [3.05, 3.63) is 69.6 Å². The molecule has 0 aliphatic carbocycles. The first kappa shape index (κ1) is 20.2. The van der Waals surface area contributed by atoms with E-state index >= 15 is 0 Å². The summed E-state index contributed by atoms with van der Waals surface area (Å²) in [5, 5.41) is 10.2. The highest BCUT2D eigenvalue weighted by atomic mass is 79.9. The molecule has 0 saturated carbocycles. The Bertz CT molecular complexity index is 1270. The molecule has 0 radical (unpaired) electrons. The number of methoxy groups -OCH3 is 1. The molecule has 0 atom stereocenters. The summed E-state index contributed by atoms with van der Waals surface area (Å²) in [5.74, 6) is 0.381. The molecule has 8 nitrogen and oxygen atoms in total. The Hall–Kier alpha value is -3.11. The molecule has 1 amide bonds. The molecule has 30 heavy (non-hydrogen) atoms. The molecule has 4 aromatic rings. The topological polar surface area (TPSA) is 102 Å². The number of hydrogen-bond donors (Lipinski definition) is 2. The summed E-state index contributed by atoms with van der Waals surface area (Å²) in [5.41, 5.74) is 1.34. The zero-order valence-electron chi connectivity index (χ0n) is 15.8. The van der Waals surface area contributed by atoms with Crippen molar-refractivity contribution in [3.63, 3.8) is 0 Å². The summed E-state index contributed by atoms with van der Waals surface area (Å²) in [7, 11) is 1.54. The van der Waals surface area contributed by atoms with E-state index in [1.54, 1.807) is 31.4 Å². The minimum Gasteiger partial charge on any atom is -0.495 e. The highest BCUT2D eigenvalue weighted by Gasteiger charge is 2.16. The van der Waals surface area contributed by atoms with Crippen LogP contribution >= 0.6 is 27.7 Å². The van der Waals surface area contributed by atoms with Crippen LogP contribution < -0.4 is 15.6 Å². The number of aromatic amines is 1. The molecule has 0 fully saturated rings. The van der Waals surface area contributed by atoms with E-state index in [2.05, 4.69) is 36.4 Å². The fraction of sp³-hybridized carbons (Fsp3) is 0.100. The van der Waals surface area contributed by atoms with Crippen LogP contribution in [0, 0.1) is 0 Å². The van der Waals surface area contributed by atoms with Gasteiger partial charge in [0.05, 0.1) is 30.4 Å². The van der Waals surface area contributed by atoms with Gasteiger partial charge in [0.15, 0.2) is 10.8 Å². The van der Waals surface area contributed by atoms with Gasteiger partial charge in [-0.2, -0.15) is 5.10 Å². The zero-order valence-corrected chi connectivity index (χ0v) is 18.2. The Morgan fingerprint density at radius 3 is 2.77 bits per heavy atom. The second-order valence-electron chi connectivity index (χ2n) is 6.18. The zero-order chi connectivity index (χ0) is 21.1. The number of carbonyl (C=O) groups is 1. The summed E-state index contributed by atoms with van der Waals surface area (Å²) >= 11 is 4.55. The van der Waals surface area contributed by atoms with Crippen molar-refractivity contribution in [2.45, 2.75) is 5.16 Å². The number of para-hydroxylation sites is 2. The normalized spacial score (nSPS) is 10.9. The van der Waals surface area contributed by atoms with Crippen LogP contribution in [-0.2, 0) is 4.79 Å². The lowest BCUT2D eigenvalue weighted by Gasteiger charge is -2.13. The molecular formula is C20H16BrN5O3S. The van der Waals surface area contributed by atoms with E-state index in [9.17, 15) is 9.59 Å². The lowest BCUT2D eigenvalue weighted by Crippen LogP contribution is -2.22. The Morgan fingerprint density at radius 2 is 2.00 bits per heavy atom. The van der Waals surface area contributed by atoms with E-state index in [1.807, 2.05) is 24.3 Å². The van der Waals surface area contributed by atoms with E-state index < -0.39 is 0 Å². The van der Waals surface area contributed by atoms with Gasteiger partial charge in [-0.25, -0.2) is 4.98 Å². The Kier molecular flexibility index (Phi) is 5.86. The van der Waals surface area contributed by atoms with Crippen LogP contribution in [0.1, 0.15) is 0 Å². The molecule has 2 aromatic carbocycles. The highest BCUT2D eigenvalue weighted by molar-refractivity contribution is 9.10. The monoisotopic (exact) mass is 485 g/mol. The third-order valence-corrected chi connectivity index (χ3v) is 5.72. The number of ether oxygens (including phenoxy) is 1. The minimum absolute atomic E-state index is 0.0562. The molecule has 0 saturated heterocycles. The van der Waals surface area contributed by atoms with E-state index in [0.29, 0.717) is 33.3 Å². The van der Waals surface area contributed by atoms with Crippen molar-refractivity contribution >= 4 is 50.3 Å². The molecule has 0 aliphatic heterocycles. The van der Waals surface area contributed by atoms with Gasteiger partial charge in [-0.1, -0.05) is 39.8 Å². The SMILES string of the molecule is COc1ccccc1NC(=O)CSc1nc2[nH]ncc2c(=O)n1-c1ccc(Br)cc1. The minimum atomic E-state index is -0.260. The molecule has 2 N–H and O–H groups in total. The van der Waals surface area contributed by atoms with Crippen molar-refractivity contribution in [1.29, 1.82) is 0 Å². The molecule has 152 valence electrons. The molecular weight excluding hydrogens is 470 g/mol. The van der Waals surface area contributed by atoms with Crippen molar-refractivity contribution in [3.8, 4) is 11.4 Å². The van der Waals surface area contributed by atoms with Crippen LogP contribution in [0.25, 0.3) is 16.7 Å². The number of aromatic nitrogens is 4. The molecule has 0 aliphatic rings. The number of thioether (sulfide) groups is 1. The molecule has 2 heterocycles. The van der Waals surface area contributed by atoms with E-state index in [1.165, 1.54) is 10.8 Å². The third-order valence-electron chi connectivity index (χ3n) is 4.25. The Balaban J connectivity index is 1.63. The fourth-order valence-corrected chi connectivity index (χ4v) is 3.92. The number of rotatable bonds is 6. The Labute approximate surface area is 183 Å². The lowest BCUT2D eigenvalue weighted by atomic mass is 10.3. The van der Waals surface area contributed by atoms with Gasteiger partial charge in [0.25, 0.3) is 5.56 Å². The van der Waals surface area contributed by atoms with Crippen LogP contribution in [-0.4, -0.2) is 38.5 Å².